The van der Waals surface area contributed by atoms with Gasteiger partial charge in [0.15, 0.2) is 0 Å². The minimum Gasteiger partial charge on any atom is -0.497 e. The van der Waals surface area contributed by atoms with Crippen LogP contribution >= 0.6 is 11.3 Å². The Balaban J connectivity index is 1.47. The molecule has 7 heteroatoms. The van der Waals surface area contributed by atoms with Gasteiger partial charge in [0.2, 0.25) is 0 Å². The Labute approximate surface area is 176 Å². The molecule has 0 bridgehead atoms. The van der Waals surface area contributed by atoms with Gasteiger partial charge in [-0.1, -0.05) is 12.1 Å². The second kappa shape index (κ2) is 7.27. The van der Waals surface area contributed by atoms with Crippen molar-refractivity contribution in [1.29, 1.82) is 0 Å². The molecule has 0 aliphatic heterocycles. The highest BCUT2D eigenvalue weighted by Crippen LogP contribution is 2.34. The van der Waals surface area contributed by atoms with Crippen molar-refractivity contribution in [3.05, 3.63) is 66.7 Å². The SMILES string of the molecule is COc1ccc(N(C)C(=O)Nc2ccc3sc4nc5ccccc5nc4c3c2)cc1. The largest absolute Gasteiger partial charge is 0.497 e. The Morgan fingerprint density at radius 1 is 1.00 bits per heavy atom. The van der Waals surface area contributed by atoms with Gasteiger partial charge in [0, 0.05) is 28.5 Å². The number of para-hydroxylation sites is 2. The molecule has 5 rings (SSSR count). The van der Waals surface area contributed by atoms with E-state index in [9.17, 15) is 4.79 Å². The van der Waals surface area contributed by atoms with Crippen molar-refractivity contribution in [2.24, 2.45) is 0 Å². The number of amides is 2. The van der Waals surface area contributed by atoms with E-state index in [0.29, 0.717) is 5.69 Å². The predicted octanol–water partition coefficient (Wildman–Crippen LogP) is 5.67. The molecule has 0 atom stereocenters. The summed E-state index contributed by atoms with van der Waals surface area (Å²) >= 11 is 1.60. The molecule has 0 saturated heterocycles. The van der Waals surface area contributed by atoms with E-state index < -0.39 is 0 Å². The fourth-order valence-electron chi connectivity index (χ4n) is 3.35. The van der Waals surface area contributed by atoms with Crippen molar-refractivity contribution in [3.8, 4) is 5.75 Å². The van der Waals surface area contributed by atoms with Crippen molar-refractivity contribution in [2.75, 3.05) is 24.4 Å². The van der Waals surface area contributed by atoms with Gasteiger partial charge < -0.3 is 10.1 Å². The zero-order valence-corrected chi connectivity index (χ0v) is 17.2. The minimum atomic E-state index is -0.226. The number of ether oxygens (including phenoxy) is 1. The Morgan fingerprint density at radius 3 is 2.47 bits per heavy atom. The van der Waals surface area contributed by atoms with Crippen LogP contribution in [-0.4, -0.2) is 30.2 Å². The molecule has 2 heterocycles. The Bertz CT molecular complexity index is 1400. The van der Waals surface area contributed by atoms with Crippen molar-refractivity contribution < 1.29 is 9.53 Å². The van der Waals surface area contributed by atoms with Gasteiger partial charge in [-0.05, 0) is 54.6 Å². The number of urea groups is 1. The van der Waals surface area contributed by atoms with Crippen LogP contribution in [-0.2, 0) is 0 Å². The fraction of sp³-hybridized carbons (Fsp3) is 0.0870. The van der Waals surface area contributed by atoms with Crippen LogP contribution in [0.5, 0.6) is 5.75 Å². The third-order valence-corrected chi connectivity index (χ3v) is 6.05. The number of nitrogens with one attached hydrogen (secondary N) is 1. The zero-order chi connectivity index (χ0) is 20.7. The highest BCUT2D eigenvalue weighted by Gasteiger charge is 2.14. The molecule has 5 aromatic rings. The lowest BCUT2D eigenvalue weighted by molar-refractivity contribution is 0.258. The predicted molar refractivity (Wildman–Crippen MR) is 123 cm³/mol. The van der Waals surface area contributed by atoms with Crippen LogP contribution in [0.4, 0.5) is 16.2 Å². The third kappa shape index (κ3) is 3.19. The topological polar surface area (TPSA) is 67.3 Å². The summed E-state index contributed by atoms with van der Waals surface area (Å²) in [6.45, 7) is 0. The quantitative estimate of drug-likeness (QED) is 0.413. The molecular weight excluding hydrogens is 396 g/mol. The number of benzene rings is 3. The third-order valence-electron chi connectivity index (χ3n) is 5.00. The highest BCUT2D eigenvalue weighted by atomic mass is 32.1. The second-order valence-electron chi connectivity index (χ2n) is 6.87. The Kier molecular flexibility index (Phi) is 4.44. The molecule has 0 fully saturated rings. The van der Waals surface area contributed by atoms with E-state index in [1.54, 1.807) is 30.4 Å². The summed E-state index contributed by atoms with van der Waals surface area (Å²) in [5.74, 6) is 0.746. The summed E-state index contributed by atoms with van der Waals surface area (Å²) in [6.07, 6.45) is 0. The molecule has 0 radical (unpaired) electrons. The van der Waals surface area contributed by atoms with Gasteiger partial charge in [-0.3, -0.25) is 4.90 Å². The van der Waals surface area contributed by atoms with Crippen LogP contribution in [0.25, 0.3) is 31.5 Å². The van der Waals surface area contributed by atoms with Gasteiger partial charge >= 0.3 is 6.03 Å². The summed E-state index contributed by atoms with van der Waals surface area (Å²) in [5.41, 5.74) is 4.08. The highest BCUT2D eigenvalue weighted by molar-refractivity contribution is 7.25. The van der Waals surface area contributed by atoms with Gasteiger partial charge in [0.1, 0.15) is 16.1 Å². The molecule has 148 valence electrons. The normalized spacial score (nSPS) is 11.1. The van der Waals surface area contributed by atoms with Crippen LogP contribution in [0.1, 0.15) is 0 Å². The van der Waals surface area contributed by atoms with Crippen LogP contribution in [0, 0.1) is 0 Å². The molecule has 6 nitrogen and oxygen atoms in total. The first kappa shape index (κ1) is 18.3. The monoisotopic (exact) mass is 414 g/mol. The summed E-state index contributed by atoms with van der Waals surface area (Å²) in [5, 5.41) is 3.95. The van der Waals surface area contributed by atoms with Gasteiger partial charge in [0.25, 0.3) is 0 Å². The minimum absolute atomic E-state index is 0.226. The summed E-state index contributed by atoms with van der Waals surface area (Å²) in [4.78, 5) is 24.7. The molecule has 1 N–H and O–H groups in total. The maximum absolute atomic E-state index is 12.7. The second-order valence-corrected chi connectivity index (χ2v) is 7.90. The number of carbonyl (C=O) groups is 1. The standard InChI is InChI=1S/C23H18N4O2S/c1-27(15-8-10-16(29-2)11-9-15)23(28)24-14-7-12-20-17(13-14)21-22(30-20)26-19-6-4-3-5-18(19)25-21/h3-13H,1-2H3,(H,24,28). The summed E-state index contributed by atoms with van der Waals surface area (Å²) in [6, 6.07) is 20.8. The summed E-state index contributed by atoms with van der Waals surface area (Å²) in [7, 11) is 3.34. The first-order valence-corrected chi connectivity index (χ1v) is 10.2. The van der Waals surface area contributed by atoms with Crippen LogP contribution in [0.3, 0.4) is 0 Å². The average Bonchev–Trinajstić information content (AvgIpc) is 3.13. The maximum Gasteiger partial charge on any atom is 0.326 e. The number of hydrogen-bond acceptors (Lipinski definition) is 5. The van der Waals surface area contributed by atoms with Crippen LogP contribution in [0.15, 0.2) is 66.7 Å². The molecule has 0 saturated carbocycles. The smallest absolute Gasteiger partial charge is 0.326 e. The van der Waals surface area contributed by atoms with E-state index in [1.165, 1.54) is 0 Å². The van der Waals surface area contributed by atoms with E-state index in [1.807, 2.05) is 66.7 Å². The van der Waals surface area contributed by atoms with Crippen LogP contribution in [0.2, 0.25) is 0 Å². The van der Waals surface area contributed by atoms with Crippen molar-refractivity contribution in [3.63, 3.8) is 0 Å². The summed E-state index contributed by atoms with van der Waals surface area (Å²) < 4.78 is 6.26. The molecule has 0 unspecified atom stereocenters. The van der Waals surface area contributed by atoms with Gasteiger partial charge in [-0.2, -0.15) is 0 Å². The molecule has 0 aliphatic rings. The number of thiophene rings is 1. The van der Waals surface area contributed by atoms with Gasteiger partial charge in [0.05, 0.1) is 18.1 Å². The van der Waals surface area contributed by atoms with E-state index in [-0.39, 0.29) is 6.03 Å². The average molecular weight is 414 g/mol. The number of hydrogen-bond donors (Lipinski definition) is 1. The lowest BCUT2D eigenvalue weighted by Crippen LogP contribution is -2.31. The van der Waals surface area contributed by atoms with Gasteiger partial charge in [-0.15, -0.1) is 11.3 Å². The Morgan fingerprint density at radius 2 is 1.73 bits per heavy atom. The molecule has 3 aromatic carbocycles. The Hall–Kier alpha value is -3.71. The molecule has 0 aliphatic carbocycles. The zero-order valence-electron chi connectivity index (χ0n) is 16.4. The van der Waals surface area contributed by atoms with Gasteiger partial charge in [-0.25, -0.2) is 14.8 Å². The number of fused-ring (bicyclic) bond motifs is 4. The van der Waals surface area contributed by atoms with Crippen LogP contribution < -0.4 is 15.0 Å². The van der Waals surface area contributed by atoms with E-state index in [2.05, 4.69) is 5.32 Å². The van der Waals surface area contributed by atoms with E-state index in [4.69, 9.17) is 14.7 Å². The fourth-order valence-corrected chi connectivity index (χ4v) is 4.35. The lowest BCUT2D eigenvalue weighted by atomic mass is 10.2. The molecule has 30 heavy (non-hydrogen) atoms. The number of methoxy groups -OCH3 is 1. The molecule has 2 aromatic heterocycles. The number of aromatic nitrogens is 2. The number of carbonyl (C=O) groups excluding carboxylic acids is 1. The molecule has 0 spiro atoms. The maximum atomic E-state index is 12.7. The van der Waals surface area contributed by atoms with Crippen molar-refractivity contribution >= 4 is 60.2 Å². The first-order chi connectivity index (χ1) is 14.6. The van der Waals surface area contributed by atoms with E-state index in [0.717, 1.165) is 42.9 Å². The number of nitrogens with zero attached hydrogens (tertiary/aromatic N) is 3. The molecule has 2 amide bonds. The first-order valence-electron chi connectivity index (χ1n) is 9.40. The number of rotatable bonds is 3. The number of anilines is 2. The van der Waals surface area contributed by atoms with Crippen molar-refractivity contribution in [1.82, 2.24) is 9.97 Å². The van der Waals surface area contributed by atoms with E-state index >= 15 is 0 Å². The lowest BCUT2D eigenvalue weighted by Gasteiger charge is -2.18. The molecular formula is C23H18N4O2S. The van der Waals surface area contributed by atoms with Crippen molar-refractivity contribution in [2.45, 2.75) is 0 Å².